The van der Waals surface area contributed by atoms with Crippen LogP contribution in [0.5, 0.6) is 5.75 Å². The van der Waals surface area contributed by atoms with Gasteiger partial charge in [0.25, 0.3) is 0 Å². The lowest BCUT2D eigenvalue weighted by Crippen LogP contribution is -2.60. The highest BCUT2D eigenvalue weighted by atomic mass is 32.2. The third-order valence-corrected chi connectivity index (χ3v) is 9.23. The summed E-state index contributed by atoms with van der Waals surface area (Å²) in [4.78, 5) is 0.210. The van der Waals surface area contributed by atoms with Crippen LogP contribution in [0.1, 0.15) is 18.4 Å². The number of sulfone groups is 1. The van der Waals surface area contributed by atoms with Crippen molar-refractivity contribution in [3.05, 3.63) is 23.8 Å². The number of sulfonamides is 1. The van der Waals surface area contributed by atoms with E-state index in [-0.39, 0.29) is 23.8 Å². The van der Waals surface area contributed by atoms with Gasteiger partial charge in [0.2, 0.25) is 10.0 Å². The van der Waals surface area contributed by atoms with E-state index >= 15 is 0 Å². The minimum absolute atomic E-state index is 0.000577. The van der Waals surface area contributed by atoms with Crippen LogP contribution in [0.2, 0.25) is 0 Å². The first-order valence-corrected chi connectivity index (χ1v) is 11.6. The van der Waals surface area contributed by atoms with Gasteiger partial charge in [-0.05, 0) is 43.0 Å². The summed E-state index contributed by atoms with van der Waals surface area (Å²) in [5, 5.41) is -0.772. The van der Waals surface area contributed by atoms with E-state index in [1.54, 1.807) is 18.2 Å². The van der Waals surface area contributed by atoms with Crippen molar-refractivity contribution < 1.29 is 26.3 Å². The van der Waals surface area contributed by atoms with Gasteiger partial charge in [0.15, 0.2) is 9.84 Å². The lowest BCUT2D eigenvalue weighted by atomic mass is 10.1. The van der Waals surface area contributed by atoms with Crippen LogP contribution in [-0.2, 0) is 31.0 Å². The normalized spacial score (nSPS) is 29.3. The molecule has 2 fully saturated rings. The van der Waals surface area contributed by atoms with E-state index in [4.69, 9.17) is 9.47 Å². The average molecular weight is 387 g/mol. The van der Waals surface area contributed by atoms with Gasteiger partial charge in [-0.3, -0.25) is 0 Å². The third-order valence-electron chi connectivity index (χ3n) is 5.18. The summed E-state index contributed by atoms with van der Waals surface area (Å²) in [6.07, 6.45) is 2.05. The number of ether oxygens (including phenoxy) is 2. The number of fused-ring (bicyclic) bond motifs is 2. The second-order valence-corrected chi connectivity index (χ2v) is 10.9. The summed E-state index contributed by atoms with van der Waals surface area (Å²) < 4.78 is 63.2. The number of benzene rings is 1. The quantitative estimate of drug-likeness (QED) is 0.738. The van der Waals surface area contributed by atoms with Crippen LogP contribution in [-0.4, -0.2) is 64.6 Å². The van der Waals surface area contributed by atoms with E-state index in [0.717, 1.165) is 24.2 Å². The fourth-order valence-corrected chi connectivity index (χ4v) is 7.59. The number of aryl methyl sites for hydroxylation is 1. The number of nitrogens with zero attached hydrogens (tertiary/aromatic N) is 1. The van der Waals surface area contributed by atoms with Crippen LogP contribution < -0.4 is 4.74 Å². The van der Waals surface area contributed by atoms with E-state index in [0.29, 0.717) is 19.6 Å². The van der Waals surface area contributed by atoms with Crippen molar-refractivity contribution in [2.75, 3.05) is 32.1 Å². The molecule has 3 aliphatic rings. The Balaban J connectivity index is 1.70. The van der Waals surface area contributed by atoms with Crippen LogP contribution in [0.25, 0.3) is 0 Å². The topological polar surface area (TPSA) is 90.0 Å². The Morgan fingerprint density at radius 1 is 1.20 bits per heavy atom. The molecule has 2 saturated heterocycles. The lowest BCUT2D eigenvalue weighted by Gasteiger charge is -2.42. The first kappa shape index (κ1) is 17.3. The highest BCUT2D eigenvalue weighted by molar-refractivity contribution is 7.92. The van der Waals surface area contributed by atoms with Crippen molar-refractivity contribution >= 4 is 19.9 Å². The summed E-state index contributed by atoms with van der Waals surface area (Å²) in [5.74, 6) is 0.570. The Hall–Kier alpha value is -1.16. The maximum Gasteiger partial charge on any atom is 0.243 e. The molecule has 2 unspecified atom stereocenters. The molecule has 9 heteroatoms. The molecule has 3 aliphatic heterocycles. The second kappa shape index (κ2) is 6.22. The molecule has 0 radical (unpaired) electrons. The van der Waals surface area contributed by atoms with Crippen LogP contribution in [0.3, 0.4) is 0 Å². The van der Waals surface area contributed by atoms with Crippen molar-refractivity contribution in [2.45, 2.75) is 35.4 Å². The number of hydrogen-bond donors (Lipinski definition) is 0. The molecule has 0 amide bonds. The van der Waals surface area contributed by atoms with Gasteiger partial charge >= 0.3 is 0 Å². The molecular weight excluding hydrogens is 366 g/mol. The van der Waals surface area contributed by atoms with Crippen molar-refractivity contribution in [1.29, 1.82) is 0 Å². The molecule has 3 heterocycles. The number of rotatable bonds is 2. The highest BCUT2D eigenvalue weighted by Crippen LogP contribution is 2.33. The lowest BCUT2D eigenvalue weighted by molar-refractivity contribution is 0.0590. The van der Waals surface area contributed by atoms with Gasteiger partial charge in [-0.25, -0.2) is 16.8 Å². The van der Waals surface area contributed by atoms with Gasteiger partial charge in [-0.2, -0.15) is 4.31 Å². The SMILES string of the molecule is O=S1(=O)CCN(S(=O)(=O)c2ccc3c(c2)CCCO3)C2CCOCC21. The predicted molar refractivity (Wildman–Crippen MR) is 90.9 cm³/mol. The van der Waals surface area contributed by atoms with Crippen molar-refractivity contribution in [1.82, 2.24) is 4.31 Å². The first-order chi connectivity index (χ1) is 11.9. The van der Waals surface area contributed by atoms with E-state index < -0.39 is 31.2 Å². The van der Waals surface area contributed by atoms with Gasteiger partial charge in [0.05, 0.1) is 23.9 Å². The summed E-state index contributed by atoms with van der Waals surface area (Å²) in [6, 6.07) is 4.37. The van der Waals surface area contributed by atoms with Crippen molar-refractivity contribution in [3.63, 3.8) is 0 Å². The zero-order valence-corrected chi connectivity index (χ0v) is 15.4. The molecular formula is C16H21NO6S2. The zero-order chi connectivity index (χ0) is 17.7. The van der Waals surface area contributed by atoms with E-state index in [1.807, 2.05) is 0 Å². The van der Waals surface area contributed by atoms with Gasteiger partial charge < -0.3 is 9.47 Å². The molecule has 2 atom stereocenters. The maximum absolute atomic E-state index is 13.2. The molecule has 0 N–H and O–H groups in total. The van der Waals surface area contributed by atoms with Crippen molar-refractivity contribution in [3.8, 4) is 5.75 Å². The highest BCUT2D eigenvalue weighted by Gasteiger charge is 2.47. The summed E-state index contributed by atoms with van der Waals surface area (Å²) in [6.45, 7) is 1.09. The molecule has 0 spiro atoms. The van der Waals surface area contributed by atoms with E-state index in [9.17, 15) is 16.8 Å². The van der Waals surface area contributed by atoms with Crippen LogP contribution in [0.4, 0.5) is 0 Å². The first-order valence-electron chi connectivity index (χ1n) is 8.46. The summed E-state index contributed by atoms with van der Waals surface area (Å²) in [7, 11) is -7.08. The molecule has 0 aromatic heterocycles. The minimum atomic E-state index is -3.76. The average Bonchev–Trinajstić information content (AvgIpc) is 2.61. The number of hydrogen-bond acceptors (Lipinski definition) is 6. The summed E-state index contributed by atoms with van der Waals surface area (Å²) >= 11 is 0. The standard InChI is InChI=1S/C16H21NO6S2/c18-24(19)9-6-17(14-5-8-22-11-16(14)24)25(20,21)13-3-4-15-12(10-13)2-1-7-23-15/h3-4,10,14,16H,1-2,5-9,11H2. The Labute approximate surface area is 147 Å². The Kier molecular flexibility index (Phi) is 4.30. The molecule has 138 valence electrons. The molecule has 0 saturated carbocycles. The minimum Gasteiger partial charge on any atom is -0.493 e. The maximum atomic E-state index is 13.2. The van der Waals surface area contributed by atoms with E-state index in [2.05, 4.69) is 0 Å². The molecule has 1 aromatic carbocycles. The molecule has 0 bridgehead atoms. The Morgan fingerprint density at radius 3 is 2.88 bits per heavy atom. The van der Waals surface area contributed by atoms with Gasteiger partial charge in [-0.1, -0.05) is 0 Å². The predicted octanol–water partition coefficient (Wildman–Crippen LogP) is 0.588. The van der Waals surface area contributed by atoms with Crippen LogP contribution in [0.15, 0.2) is 23.1 Å². The van der Waals surface area contributed by atoms with Gasteiger partial charge in [0.1, 0.15) is 11.0 Å². The summed E-state index contributed by atoms with van der Waals surface area (Å²) in [5.41, 5.74) is 0.889. The fourth-order valence-electron chi connectivity index (χ4n) is 3.84. The fraction of sp³-hybridized carbons (Fsp3) is 0.625. The molecule has 25 heavy (non-hydrogen) atoms. The Bertz CT molecular complexity index is 880. The van der Waals surface area contributed by atoms with Crippen LogP contribution >= 0.6 is 0 Å². The Morgan fingerprint density at radius 2 is 2.04 bits per heavy atom. The van der Waals surface area contributed by atoms with E-state index in [1.165, 1.54) is 4.31 Å². The van der Waals surface area contributed by atoms with Gasteiger partial charge in [0, 0.05) is 19.2 Å². The van der Waals surface area contributed by atoms with Gasteiger partial charge in [-0.15, -0.1) is 0 Å². The molecule has 0 aliphatic carbocycles. The smallest absolute Gasteiger partial charge is 0.243 e. The zero-order valence-electron chi connectivity index (χ0n) is 13.8. The van der Waals surface area contributed by atoms with Crippen molar-refractivity contribution in [2.24, 2.45) is 0 Å². The molecule has 4 rings (SSSR count). The molecule has 1 aromatic rings. The monoisotopic (exact) mass is 387 g/mol. The second-order valence-electron chi connectivity index (χ2n) is 6.67. The largest absolute Gasteiger partial charge is 0.493 e. The molecule has 7 nitrogen and oxygen atoms in total. The third kappa shape index (κ3) is 2.97. The van der Waals surface area contributed by atoms with Crippen LogP contribution in [0, 0.1) is 0 Å².